The zero-order chi connectivity index (χ0) is 18.6. The highest BCUT2D eigenvalue weighted by atomic mass is 35.5. The Morgan fingerprint density at radius 2 is 1.68 bits per heavy atom. The maximum atomic E-state index is 12.2. The first-order valence-electron chi connectivity index (χ1n) is 7.53. The van der Waals surface area contributed by atoms with E-state index < -0.39 is 11.9 Å². The highest BCUT2D eigenvalue weighted by molar-refractivity contribution is 6.34. The van der Waals surface area contributed by atoms with Gasteiger partial charge >= 0.3 is 5.97 Å². The SMILES string of the molecule is CC(C)C(=O)Nc1ccc(NC(=O)c2cccc(C(=O)O)c2)cc1Cl. The molecule has 0 saturated carbocycles. The number of carbonyl (C=O) groups is 3. The molecule has 2 amide bonds. The van der Waals surface area contributed by atoms with Crippen LogP contribution < -0.4 is 10.6 Å². The van der Waals surface area contributed by atoms with Crippen LogP contribution in [0.25, 0.3) is 0 Å². The molecule has 0 heterocycles. The highest BCUT2D eigenvalue weighted by Crippen LogP contribution is 2.26. The van der Waals surface area contributed by atoms with E-state index in [1.54, 1.807) is 26.0 Å². The van der Waals surface area contributed by atoms with E-state index in [1.165, 1.54) is 30.3 Å². The van der Waals surface area contributed by atoms with Crippen molar-refractivity contribution in [1.82, 2.24) is 0 Å². The van der Waals surface area contributed by atoms with Gasteiger partial charge in [-0.25, -0.2) is 4.79 Å². The van der Waals surface area contributed by atoms with Gasteiger partial charge in [0.25, 0.3) is 5.91 Å². The first kappa shape index (κ1) is 18.5. The van der Waals surface area contributed by atoms with E-state index in [1.807, 2.05) is 0 Å². The largest absolute Gasteiger partial charge is 0.478 e. The third-order valence-corrected chi connectivity index (χ3v) is 3.69. The Kier molecular flexibility index (Phi) is 5.77. The minimum Gasteiger partial charge on any atom is -0.478 e. The van der Waals surface area contributed by atoms with Gasteiger partial charge in [0.2, 0.25) is 5.91 Å². The fourth-order valence-corrected chi connectivity index (χ4v) is 2.20. The van der Waals surface area contributed by atoms with Gasteiger partial charge in [-0.3, -0.25) is 9.59 Å². The van der Waals surface area contributed by atoms with E-state index in [-0.39, 0.29) is 28.0 Å². The Morgan fingerprint density at radius 1 is 1.00 bits per heavy atom. The molecule has 0 spiro atoms. The maximum absolute atomic E-state index is 12.2. The average Bonchev–Trinajstić information content (AvgIpc) is 2.57. The molecule has 0 fully saturated rings. The van der Waals surface area contributed by atoms with Crippen molar-refractivity contribution in [2.24, 2.45) is 5.92 Å². The standard InChI is InChI=1S/C18H17ClN2O4/c1-10(2)16(22)21-15-7-6-13(9-14(15)19)20-17(23)11-4-3-5-12(8-11)18(24)25/h3-10H,1-2H3,(H,20,23)(H,21,22)(H,24,25). The van der Waals surface area contributed by atoms with Crippen LogP contribution in [0.2, 0.25) is 5.02 Å². The van der Waals surface area contributed by atoms with Crippen LogP contribution >= 0.6 is 11.6 Å². The van der Waals surface area contributed by atoms with Gasteiger partial charge in [0.05, 0.1) is 16.3 Å². The van der Waals surface area contributed by atoms with Crippen molar-refractivity contribution in [2.45, 2.75) is 13.8 Å². The summed E-state index contributed by atoms with van der Waals surface area (Å²) in [5.41, 5.74) is 1.12. The number of aromatic carboxylic acids is 1. The molecule has 2 rings (SSSR count). The molecule has 0 aliphatic heterocycles. The lowest BCUT2D eigenvalue weighted by molar-refractivity contribution is -0.118. The normalized spacial score (nSPS) is 10.4. The molecule has 6 nitrogen and oxygen atoms in total. The number of amides is 2. The van der Waals surface area contributed by atoms with Crippen molar-refractivity contribution < 1.29 is 19.5 Å². The fourth-order valence-electron chi connectivity index (χ4n) is 1.97. The molecule has 0 unspecified atom stereocenters. The van der Waals surface area contributed by atoms with E-state index in [0.717, 1.165) is 0 Å². The number of hydrogen-bond acceptors (Lipinski definition) is 3. The first-order valence-corrected chi connectivity index (χ1v) is 7.91. The van der Waals surface area contributed by atoms with Gasteiger partial charge in [-0.1, -0.05) is 31.5 Å². The zero-order valence-electron chi connectivity index (χ0n) is 13.7. The molecule has 0 aliphatic carbocycles. The van der Waals surface area contributed by atoms with Crippen LogP contribution in [0.15, 0.2) is 42.5 Å². The maximum Gasteiger partial charge on any atom is 0.335 e. The van der Waals surface area contributed by atoms with Crippen molar-refractivity contribution >= 4 is 40.8 Å². The van der Waals surface area contributed by atoms with Crippen molar-refractivity contribution in [3.8, 4) is 0 Å². The van der Waals surface area contributed by atoms with Gasteiger partial charge in [-0.05, 0) is 36.4 Å². The van der Waals surface area contributed by atoms with Gasteiger partial charge in [0.1, 0.15) is 0 Å². The van der Waals surface area contributed by atoms with Gasteiger partial charge in [-0.2, -0.15) is 0 Å². The Bertz CT molecular complexity index is 834. The molecule has 0 bridgehead atoms. The molecule has 2 aromatic rings. The number of nitrogens with one attached hydrogen (secondary N) is 2. The molecule has 0 aromatic heterocycles. The second-order valence-corrected chi connectivity index (χ2v) is 6.09. The topological polar surface area (TPSA) is 95.5 Å². The van der Waals surface area contributed by atoms with Gasteiger partial charge in [0.15, 0.2) is 0 Å². The summed E-state index contributed by atoms with van der Waals surface area (Å²) in [7, 11) is 0. The molecule has 2 aromatic carbocycles. The van der Waals surface area contributed by atoms with Crippen LogP contribution in [0.4, 0.5) is 11.4 Å². The van der Waals surface area contributed by atoms with E-state index in [4.69, 9.17) is 16.7 Å². The van der Waals surface area contributed by atoms with Crippen molar-refractivity contribution in [2.75, 3.05) is 10.6 Å². The second kappa shape index (κ2) is 7.81. The van der Waals surface area contributed by atoms with Crippen molar-refractivity contribution in [3.05, 3.63) is 58.6 Å². The first-order chi connectivity index (χ1) is 11.8. The molecule has 25 heavy (non-hydrogen) atoms. The van der Waals surface area contributed by atoms with E-state index in [9.17, 15) is 14.4 Å². The van der Waals surface area contributed by atoms with Gasteiger partial charge in [0, 0.05) is 17.2 Å². The third kappa shape index (κ3) is 4.81. The van der Waals surface area contributed by atoms with Crippen LogP contribution in [-0.4, -0.2) is 22.9 Å². The summed E-state index contributed by atoms with van der Waals surface area (Å²) in [6, 6.07) is 10.4. The molecule has 3 N–H and O–H groups in total. The molecule has 0 atom stereocenters. The number of benzene rings is 2. The predicted molar refractivity (Wildman–Crippen MR) is 96.3 cm³/mol. The molecule has 0 saturated heterocycles. The lowest BCUT2D eigenvalue weighted by Crippen LogP contribution is -2.18. The molecule has 130 valence electrons. The Labute approximate surface area is 149 Å². The number of hydrogen-bond donors (Lipinski definition) is 3. The average molecular weight is 361 g/mol. The smallest absolute Gasteiger partial charge is 0.335 e. The minimum atomic E-state index is -1.11. The van der Waals surface area contributed by atoms with Crippen LogP contribution in [0, 0.1) is 5.92 Å². The van der Waals surface area contributed by atoms with Crippen molar-refractivity contribution in [1.29, 1.82) is 0 Å². The van der Waals surface area contributed by atoms with E-state index in [0.29, 0.717) is 11.4 Å². The minimum absolute atomic E-state index is 0.0254. The lowest BCUT2D eigenvalue weighted by Gasteiger charge is -2.11. The second-order valence-electron chi connectivity index (χ2n) is 5.68. The summed E-state index contributed by atoms with van der Waals surface area (Å²) in [4.78, 5) is 34.9. The lowest BCUT2D eigenvalue weighted by atomic mass is 10.1. The summed E-state index contributed by atoms with van der Waals surface area (Å²) >= 11 is 6.13. The van der Waals surface area contributed by atoms with E-state index in [2.05, 4.69) is 10.6 Å². The number of carboxylic acid groups (broad SMARTS) is 1. The molecule has 0 aliphatic rings. The molecule has 0 radical (unpaired) electrons. The quantitative estimate of drug-likeness (QED) is 0.753. The summed E-state index contributed by atoms with van der Waals surface area (Å²) < 4.78 is 0. The number of halogens is 1. The summed E-state index contributed by atoms with van der Waals surface area (Å²) in [6.07, 6.45) is 0. The number of carbonyl (C=O) groups excluding carboxylic acids is 2. The van der Waals surface area contributed by atoms with Gasteiger partial charge in [-0.15, -0.1) is 0 Å². The number of carboxylic acids is 1. The fraction of sp³-hybridized carbons (Fsp3) is 0.167. The van der Waals surface area contributed by atoms with Crippen LogP contribution in [0.5, 0.6) is 0 Å². The van der Waals surface area contributed by atoms with Crippen molar-refractivity contribution in [3.63, 3.8) is 0 Å². The molecular weight excluding hydrogens is 344 g/mol. The number of anilines is 2. The Balaban J connectivity index is 2.14. The van der Waals surface area contributed by atoms with E-state index >= 15 is 0 Å². The molecule has 7 heteroatoms. The molecular formula is C18H17ClN2O4. The predicted octanol–water partition coefficient (Wildman–Crippen LogP) is 3.89. The van der Waals surface area contributed by atoms with Crippen LogP contribution in [-0.2, 0) is 4.79 Å². The van der Waals surface area contributed by atoms with Gasteiger partial charge < -0.3 is 15.7 Å². The summed E-state index contributed by atoms with van der Waals surface area (Å²) in [5, 5.41) is 14.6. The number of rotatable bonds is 5. The Morgan fingerprint density at radius 3 is 2.28 bits per heavy atom. The summed E-state index contributed by atoms with van der Waals surface area (Å²) in [6.45, 7) is 3.53. The van der Waals surface area contributed by atoms with Crippen LogP contribution in [0.3, 0.4) is 0 Å². The van der Waals surface area contributed by atoms with Crippen LogP contribution in [0.1, 0.15) is 34.6 Å². The highest BCUT2D eigenvalue weighted by Gasteiger charge is 2.12. The monoisotopic (exact) mass is 360 g/mol. The third-order valence-electron chi connectivity index (χ3n) is 3.38. The Hall–Kier alpha value is -2.86. The summed E-state index contributed by atoms with van der Waals surface area (Å²) in [5.74, 6) is -1.91. The zero-order valence-corrected chi connectivity index (χ0v) is 14.4.